The van der Waals surface area contributed by atoms with Gasteiger partial charge in [0.25, 0.3) is 0 Å². The molecule has 6 heteroatoms. The average molecular weight is 302 g/mol. The van der Waals surface area contributed by atoms with Crippen LogP contribution in [0.4, 0.5) is 0 Å². The summed E-state index contributed by atoms with van der Waals surface area (Å²) >= 11 is 0. The van der Waals surface area contributed by atoms with Gasteiger partial charge in [0.2, 0.25) is 5.91 Å². The molecule has 1 saturated carbocycles. The second-order valence-electron chi connectivity index (χ2n) is 6.76. The largest absolute Gasteiger partial charge is 0.338 e. The lowest BCUT2D eigenvalue weighted by atomic mass is 9.90. The molecule has 1 saturated heterocycles. The third-order valence-electron chi connectivity index (χ3n) is 4.73. The zero-order valence-corrected chi connectivity index (χ0v) is 13.3. The summed E-state index contributed by atoms with van der Waals surface area (Å²) < 4.78 is 22.9. The highest BCUT2D eigenvalue weighted by Gasteiger charge is 2.48. The van der Waals surface area contributed by atoms with E-state index < -0.39 is 9.84 Å². The van der Waals surface area contributed by atoms with E-state index in [2.05, 4.69) is 6.92 Å². The fourth-order valence-corrected chi connectivity index (χ4v) is 4.95. The Kier molecular flexibility index (Phi) is 4.44. The zero-order valence-electron chi connectivity index (χ0n) is 12.5. The molecular formula is C14H26N2O3S. The predicted molar refractivity (Wildman–Crippen MR) is 78.9 cm³/mol. The summed E-state index contributed by atoms with van der Waals surface area (Å²) in [6.45, 7) is 3.40. The molecule has 0 aromatic heterocycles. The van der Waals surface area contributed by atoms with E-state index in [1.807, 2.05) is 4.90 Å². The molecule has 1 aliphatic carbocycles. The Hall–Kier alpha value is -0.620. The minimum absolute atomic E-state index is 0.0909. The highest BCUT2D eigenvalue weighted by atomic mass is 32.2. The van der Waals surface area contributed by atoms with Crippen LogP contribution in [-0.2, 0) is 14.6 Å². The highest BCUT2D eigenvalue weighted by molar-refractivity contribution is 7.90. The van der Waals surface area contributed by atoms with Gasteiger partial charge < -0.3 is 10.6 Å². The van der Waals surface area contributed by atoms with Crippen LogP contribution in [0.5, 0.6) is 0 Å². The van der Waals surface area contributed by atoms with Crippen molar-refractivity contribution in [3.05, 3.63) is 0 Å². The summed E-state index contributed by atoms with van der Waals surface area (Å²) in [5, 5.41) is 0. The Labute approximate surface area is 121 Å². The van der Waals surface area contributed by atoms with E-state index in [4.69, 9.17) is 5.73 Å². The maximum absolute atomic E-state index is 12.5. The molecule has 2 rings (SSSR count). The molecule has 0 aromatic rings. The van der Waals surface area contributed by atoms with Crippen LogP contribution in [-0.4, -0.2) is 50.4 Å². The third kappa shape index (κ3) is 3.73. The van der Waals surface area contributed by atoms with Crippen molar-refractivity contribution in [2.24, 2.45) is 17.1 Å². The minimum Gasteiger partial charge on any atom is -0.338 e. The maximum atomic E-state index is 12.5. The molecule has 2 fully saturated rings. The number of nitrogens with zero attached hydrogens (tertiary/aromatic N) is 1. The number of hydrogen-bond acceptors (Lipinski definition) is 4. The Morgan fingerprint density at radius 1 is 1.40 bits per heavy atom. The van der Waals surface area contributed by atoms with Crippen molar-refractivity contribution >= 4 is 15.7 Å². The number of sulfone groups is 1. The van der Waals surface area contributed by atoms with E-state index >= 15 is 0 Å². The van der Waals surface area contributed by atoms with Gasteiger partial charge in [-0.1, -0.05) is 6.92 Å². The molecule has 0 radical (unpaired) electrons. The molecule has 20 heavy (non-hydrogen) atoms. The van der Waals surface area contributed by atoms with Gasteiger partial charge in [-0.15, -0.1) is 0 Å². The van der Waals surface area contributed by atoms with E-state index in [1.165, 1.54) is 6.26 Å². The number of likely N-dealkylation sites (tertiary alicyclic amines) is 1. The van der Waals surface area contributed by atoms with Crippen LogP contribution in [0, 0.1) is 11.3 Å². The number of rotatable bonds is 5. The smallest absolute Gasteiger partial charge is 0.223 e. The van der Waals surface area contributed by atoms with Gasteiger partial charge in [0.1, 0.15) is 9.84 Å². The number of carbonyl (C=O) groups excluding carboxylic acids is 1. The van der Waals surface area contributed by atoms with Gasteiger partial charge in [-0.3, -0.25) is 4.79 Å². The first kappa shape index (κ1) is 15.8. The second-order valence-corrected chi connectivity index (χ2v) is 8.90. The van der Waals surface area contributed by atoms with Gasteiger partial charge in [0.05, 0.1) is 5.75 Å². The number of nitrogens with two attached hydrogens (primary N) is 1. The first-order valence-corrected chi connectivity index (χ1v) is 9.50. The second kappa shape index (κ2) is 5.64. The van der Waals surface area contributed by atoms with Gasteiger partial charge in [0.15, 0.2) is 0 Å². The van der Waals surface area contributed by atoms with Crippen LogP contribution < -0.4 is 5.73 Å². The molecular weight excluding hydrogens is 276 g/mol. The molecule has 2 atom stereocenters. The molecule has 0 aromatic carbocycles. The van der Waals surface area contributed by atoms with Crippen molar-refractivity contribution in [1.82, 2.24) is 4.90 Å². The van der Waals surface area contributed by atoms with Crippen molar-refractivity contribution in [2.45, 2.75) is 45.1 Å². The first-order valence-electron chi connectivity index (χ1n) is 7.44. The molecule has 2 N–H and O–H groups in total. The summed E-state index contributed by atoms with van der Waals surface area (Å²) in [5.74, 6) is 0.665. The summed E-state index contributed by atoms with van der Waals surface area (Å²) in [7, 11) is -3.02. The molecule has 5 nitrogen and oxygen atoms in total. The van der Waals surface area contributed by atoms with Crippen LogP contribution >= 0.6 is 0 Å². The molecule has 0 spiro atoms. The number of piperidine rings is 1. The van der Waals surface area contributed by atoms with Gasteiger partial charge in [-0.05, 0) is 37.0 Å². The molecule has 1 amide bonds. The monoisotopic (exact) mass is 302 g/mol. The van der Waals surface area contributed by atoms with Gasteiger partial charge >= 0.3 is 0 Å². The first-order chi connectivity index (χ1) is 9.26. The summed E-state index contributed by atoms with van der Waals surface area (Å²) in [4.78, 5) is 14.4. The maximum Gasteiger partial charge on any atom is 0.223 e. The minimum atomic E-state index is -3.02. The van der Waals surface area contributed by atoms with Crippen LogP contribution in [0.1, 0.15) is 39.0 Å². The van der Waals surface area contributed by atoms with E-state index in [1.54, 1.807) is 0 Å². The fourth-order valence-electron chi connectivity index (χ4n) is 3.45. The molecule has 1 aliphatic heterocycles. The predicted octanol–water partition coefficient (Wildman–Crippen LogP) is 0.787. The Bertz CT molecular complexity index is 471. The summed E-state index contributed by atoms with van der Waals surface area (Å²) in [6.07, 6.45) is 5.44. The van der Waals surface area contributed by atoms with Crippen molar-refractivity contribution in [1.29, 1.82) is 0 Å². The molecule has 116 valence electrons. The van der Waals surface area contributed by atoms with Crippen molar-refractivity contribution in [3.63, 3.8) is 0 Å². The summed E-state index contributed by atoms with van der Waals surface area (Å²) in [6, 6.07) is 0.116. The van der Waals surface area contributed by atoms with Crippen molar-refractivity contribution in [3.8, 4) is 0 Å². The zero-order chi connectivity index (χ0) is 15.0. The Morgan fingerprint density at radius 2 is 2.05 bits per heavy atom. The molecule has 2 unspecified atom stereocenters. The Morgan fingerprint density at radius 3 is 2.55 bits per heavy atom. The third-order valence-corrected chi connectivity index (χ3v) is 5.87. The number of hydrogen-bond donors (Lipinski definition) is 1. The summed E-state index contributed by atoms with van der Waals surface area (Å²) in [5.41, 5.74) is 5.53. The molecule has 2 aliphatic rings. The van der Waals surface area contributed by atoms with Gasteiger partial charge in [-0.25, -0.2) is 8.42 Å². The van der Waals surface area contributed by atoms with E-state index in [0.29, 0.717) is 18.9 Å². The van der Waals surface area contributed by atoms with Crippen molar-refractivity contribution < 1.29 is 13.2 Å². The SMILES string of the molecule is CC1CCCN(C(=O)CC2(CS(C)(=O)=O)CC2)C1CN. The van der Waals surface area contributed by atoms with Gasteiger partial charge in [0, 0.05) is 31.8 Å². The van der Waals surface area contributed by atoms with Crippen molar-refractivity contribution in [2.75, 3.05) is 25.1 Å². The van der Waals surface area contributed by atoms with E-state index in [0.717, 1.165) is 32.2 Å². The lowest BCUT2D eigenvalue weighted by molar-refractivity contribution is -0.137. The lowest BCUT2D eigenvalue weighted by Gasteiger charge is -2.40. The highest BCUT2D eigenvalue weighted by Crippen LogP contribution is 2.50. The normalized spacial score (nSPS) is 29.2. The van der Waals surface area contributed by atoms with E-state index in [-0.39, 0.29) is 23.1 Å². The topological polar surface area (TPSA) is 80.5 Å². The van der Waals surface area contributed by atoms with Gasteiger partial charge in [-0.2, -0.15) is 0 Å². The fraction of sp³-hybridized carbons (Fsp3) is 0.929. The van der Waals surface area contributed by atoms with E-state index in [9.17, 15) is 13.2 Å². The average Bonchev–Trinajstić information content (AvgIpc) is 3.05. The lowest BCUT2D eigenvalue weighted by Crippen LogP contribution is -2.51. The standard InChI is InChI=1S/C14H26N2O3S/c1-11-4-3-7-16(12(11)9-15)13(17)8-14(5-6-14)10-20(2,18)19/h11-12H,3-10,15H2,1-2H3. The van der Waals surface area contributed by atoms with Crippen LogP contribution in [0.2, 0.25) is 0 Å². The number of amides is 1. The van der Waals surface area contributed by atoms with Crippen LogP contribution in [0.3, 0.4) is 0 Å². The Balaban J connectivity index is 2.01. The van der Waals surface area contributed by atoms with Crippen LogP contribution in [0.25, 0.3) is 0 Å². The number of carbonyl (C=O) groups is 1. The molecule has 1 heterocycles. The van der Waals surface area contributed by atoms with Crippen LogP contribution in [0.15, 0.2) is 0 Å². The molecule has 0 bridgehead atoms. The quantitative estimate of drug-likeness (QED) is 0.814.